The van der Waals surface area contributed by atoms with Gasteiger partial charge in [0.25, 0.3) is 0 Å². The first kappa shape index (κ1) is 17.7. The van der Waals surface area contributed by atoms with Crippen molar-refractivity contribution in [2.75, 3.05) is 19.7 Å². The van der Waals surface area contributed by atoms with Crippen molar-refractivity contribution < 1.29 is 14.3 Å². The van der Waals surface area contributed by atoms with Crippen molar-refractivity contribution in [2.45, 2.75) is 31.0 Å². The predicted octanol–water partition coefficient (Wildman–Crippen LogP) is 0.533. The summed E-state index contributed by atoms with van der Waals surface area (Å²) in [4.78, 5) is 23.7. The Morgan fingerprint density at radius 3 is 2.78 bits per heavy atom. The number of nitrogens with one attached hydrogen (secondary N) is 3. The van der Waals surface area contributed by atoms with E-state index < -0.39 is 0 Å². The molecule has 2 heterocycles. The molecule has 126 valence electrons. The fourth-order valence-corrected chi connectivity index (χ4v) is 2.95. The van der Waals surface area contributed by atoms with Gasteiger partial charge in [0.15, 0.2) is 0 Å². The summed E-state index contributed by atoms with van der Waals surface area (Å²) >= 11 is 0. The Bertz CT molecular complexity index is 535. The number of hydrogen-bond donors (Lipinski definition) is 3. The first-order valence-corrected chi connectivity index (χ1v) is 7.71. The minimum Gasteiger partial charge on any atom is -0.364 e. The number of carbonyl (C=O) groups is 2. The molecule has 23 heavy (non-hydrogen) atoms. The van der Waals surface area contributed by atoms with E-state index >= 15 is 0 Å². The van der Waals surface area contributed by atoms with Crippen LogP contribution >= 0.6 is 12.4 Å². The van der Waals surface area contributed by atoms with Crippen LogP contribution in [-0.4, -0.2) is 43.7 Å². The lowest BCUT2D eigenvalue weighted by Gasteiger charge is -2.33. The van der Waals surface area contributed by atoms with Crippen molar-refractivity contribution in [2.24, 2.45) is 0 Å². The molecule has 2 aliphatic heterocycles. The van der Waals surface area contributed by atoms with Crippen LogP contribution in [0.3, 0.4) is 0 Å². The monoisotopic (exact) mass is 339 g/mol. The summed E-state index contributed by atoms with van der Waals surface area (Å²) in [7, 11) is 0. The van der Waals surface area contributed by atoms with Crippen LogP contribution in [0.15, 0.2) is 30.3 Å². The van der Waals surface area contributed by atoms with Crippen LogP contribution < -0.4 is 16.0 Å². The van der Waals surface area contributed by atoms with Gasteiger partial charge < -0.3 is 20.7 Å². The highest BCUT2D eigenvalue weighted by Gasteiger charge is 2.31. The molecule has 3 N–H and O–H groups in total. The molecule has 0 aliphatic carbocycles. The minimum atomic E-state index is -0.259. The Balaban J connectivity index is 0.00000192. The van der Waals surface area contributed by atoms with Crippen LogP contribution in [-0.2, 0) is 14.3 Å². The maximum Gasteiger partial charge on any atom is 0.246 e. The van der Waals surface area contributed by atoms with Crippen LogP contribution in [0.25, 0.3) is 0 Å². The number of halogens is 1. The second-order valence-electron chi connectivity index (χ2n) is 5.70. The lowest BCUT2D eigenvalue weighted by Crippen LogP contribution is -2.52. The van der Waals surface area contributed by atoms with Gasteiger partial charge in [-0.2, -0.15) is 0 Å². The smallest absolute Gasteiger partial charge is 0.246 e. The number of ether oxygens (including phenoxy) is 1. The van der Waals surface area contributed by atoms with Crippen molar-refractivity contribution in [1.82, 2.24) is 16.0 Å². The highest BCUT2D eigenvalue weighted by atomic mass is 35.5. The zero-order valence-corrected chi connectivity index (χ0v) is 13.6. The van der Waals surface area contributed by atoms with E-state index in [1.54, 1.807) is 0 Å². The molecule has 0 radical (unpaired) electrons. The molecule has 3 rings (SSSR count). The van der Waals surface area contributed by atoms with Crippen molar-refractivity contribution in [3.8, 4) is 0 Å². The molecule has 6 nitrogen and oxygen atoms in total. The lowest BCUT2D eigenvalue weighted by molar-refractivity contribution is -0.137. The van der Waals surface area contributed by atoms with Gasteiger partial charge in [-0.15, -0.1) is 12.4 Å². The second kappa shape index (κ2) is 8.29. The maximum absolute atomic E-state index is 12.1. The van der Waals surface area contributed by atoms with Gasteiger partial charge in [-0.25, -0.2) is 0 Å². The molecule has 7 heteroatoms. The second-order valence-corrected chi connectivity index (χ2v) is 5.70. The number of rotatable bonds is 4. The lowest BCUT2D eigenvalue weighted by atomic mass is 9.99. The number of carbonyl (C=O) groups excluding carboxylic acids is 2. The molecule has 2 amide bonds. The summed E-state index contributed by atoms with van der Waals surface area (Å²) in [6.45, 7) is 1.31. The largest absolute Gasteiger partial charge is 0.364 e. The molecule has 3 atom stereocenters. The van der Waals surface area contributed by atoms with E-state index in [1.165, 1.54) is 0 Å². The van der Waals surface area contributed by atoms with E-state index in [0.717, 1.165) is 24.9 Å². The van der Waals surface area contributed by atoms with Crippen LogP contribution in [0.4, 0.5) is 0 Å². The number of benzene rings is 1. The Morgan fingerprint density at radius 2 is 2.09 bits per heavy atom. The van der Waals surface area contributed by atoms with Crippen molar-refractivity contribution in [3.05, 3.63) is 35.9 Å². The van der Waals surface area contributed by atoms with Gasteiger partial charge >= 0.3 is 0 Å². The highest BCUT2D eigenvalue weighted by Crippen LogP contribution is 2.22. The first-order chi connectivity index (χ1) is 10.7. The van der Waals surface area contributed by atoms with Crippen LogP contribution in [0.5, 0.6) is 0 Å². The molecule has 0 aromatic heterocycles. The molecule has 1 aromatic carbocycles. The third kappa shape index (κ3) is 4.43. The minimum absolute atomic E-state index is 0. The van der Waals surface area contributed by atoms with E-state index in [9.17, 15) is 9.59 Å². The number of amides is 2. The average Bonchev–Trinajstić information content (AvgIpc) is 3.09. The zero-order chi connectivity index (χ0) is 15.4. The van der Waals surface area contributed by atoms with Gasteiger partial charge in [0, 0.05) is 6.54 Å². The SMILES string of the molecule is Cl.O=C1CO[C@@H](CNC(=O)[C@@H]2CCCN2)[C@@H](c2ccccc2)N1. The zero-order valence-electron chi connectivity index (χ0n) is 12.8. The van der Waals surface area contributed by atoms with E-state index in [4.69, 9.17) is 4.74 Å². The van der Waals surface area contributed by atoms with E-state index in [0.29, 0.717) is 6.54 Å². The summed E-state index contributed by atoms with van der Waals surface area (Å²) in [5.41, 5.74) is 0.980. The van der Waals surface area contributed by atoms with Gasteiger partial charge in [0.1, 0.15) is 6.61 Å². The van der Waals surface area contributed by atoms with Crippen molar-refractivity contribution >= 4 is 24.2 Å². The Morgan fingerprint density at radius 1 is 1.30 bits per heavy atom. The number of morpholine rings is 1. The fraction of sp³-hybridized carbons (Fsp3) is 0.500. The molecule has 0 unspecified atom stereocenters. The van der Waals surface area contributed by atoms with Gasteiger partial charge in [-0.05, 0) is 24.9 Å². The van der Waals surface area contributed by atoms with E-state index in [1.807, 2.05) is 30.3 Å². The Kier molecular flexibility index (Phi) is 6.38. The van der Waals surface area contributed by atoms with Gasteiger partial charge in [-0.3, -0.25) is 9.59 Å². The fourth-order valence-electron chi connectivity index (χ4n) is 2.95. The van der Waals surface area contributed by atoms with E-state index in [2.05, 4.69) is 16.0 Å². The normalized spacial score (nSPS) is 27.0. The van der Waals surface area contributed by atoms with Crippen LogP contribution in [0.2, 0.25) is 0 Å². The third-order valence-corrected chi connectivity index (χ3v) is 4.13. The molecular formula is C16H22ClN3O3. The molecular weight excluding hydrogens is 318 g/mol. The summed E-state index contributed by atoms with van der Waals surface area (Å²) in [6, 6.07) is 9.34. The molecule has 2 fully saturated rings. The highest BCUT2D eigenvalue weighted by molar-refractivity contribution is 5.85. The Labute approximate surface area is 141 Å². The summed E-state index contributed by atoms with van der Waals surface area (Å²) in [5, 5.41) is 9.05. The molecule has 2 saturated heterocycles. The topological polar surface area (TPSA) is 79.5 Å². The molecule has 0 bridgehead atoms. The molecule has 2 aliphatic rings. The van der Waals surface area contributed by atoms with Crippen LogP contribution in [0.1, 0.15) is 24.4 Å². The summed E-state index contributed by atoms with van der Waals surface area (Å²) < 4.78 is 5.62. The van der Waals surface area contributed by atoms with Gasteiger partial charge in [0.2, 0.25) is 11.8 Å². The molecule has 1 aromatic rings. The molecule has 0 saturated carbocycles. The quantitative estimate of drug-likeness (QED) is 0.748. The van der Waals surface area contributed by atoms with E-state index in [-0.39, 0.29) is 49.0 Å². The molecule has 0 spiro atoms. The third-order valence-electron chi connectivity index (χ3n) is 4.13. The average molecular weight is 340 g/mol. The number of hydrogen-bond acceptors (Lipinski definition) is 4. The summed E-state index contributed by atoms with van der Waals surface area (Å²) in [5.74, 6) is -0.126. The first-order valence-electron chi connectivity index (χ1n) is 7.71. The van der Waals surface area contributed by atoms with Gasteiger partial charge in [-0.1, -0.05) is 30.3 Å². The standard InChI is InChI=1S/C16H21N3O3.ClH/c20-14-10-22-13(9-18-16(21)12-7-4-8-17-12)15(19-14)11-5-2-1-3-6-11;/h1-3,5-6,12-13,15,17H,4,7-10H2,(H,18,21)(H,19,20);1H/t12-,13-,15+;/m0./s1. The Hall–Kier alpha value is -1.63. The van der Waals surface area contributed by atoms with Gasteiger partial charge in [0.05, 0.1) is 18.2 Å². The maximum atomic E-state index is 12.1. The van der Waals surface area contributed by atoms with Crippen molar-refractivity contribution in [1.29, 1.82) is 0 Å². The summed E-state index contributed by atoms with van der Waals surface area (Å²) in [6.07, 6.45) is 1.64. The van der Waals surface area contributed by atoms with Crippen LogP contribution in [0, 0.1) is 0 Å². The predicted molar refractivity (Wildman–Crippen MR) is 88.3 cm³/mol. The van der Waals surface area contributed by atoms with Crippen molar-refractivity contribution in [3.63, 3.8) is 0 Å².